The normalized spacial score (nSPS) is 15.8. The van der Waals surface area contributed by atoms with Crippen LogP contribution >= 0.6 is 0 Å². The van der Waals surface area contributed by atoms with Crippen LogP contribution in [0, 0.1) is 0 Å². The summed E-state index contributed by atoms with van der Waals surface area (Å²) in [5.74, 6) is -1.08. The largest absolute Gasteiger partial charge is 0.478 e. The van der Waals surface area contributed by atoms with Crippen LogP contribution in [0.3, 0.4) is 0 Å². The molecule has 8 heavy (non-hydrogen) atoms. The maximum absolute atomic E-state index is 9.86. The number of aliphatic carboxylic acids is 1. The second-order valence-corrected chi connectivity index (χ2v) is 1.04. The van der Waals surface area contributed by atoms with E-state index in [0.717, 1.165) is 12.2 Å². The molecule has 2 heteroatoms. The summed E-state index contributed by atoms with van der Waals surface area (Å²) in [7, 11) is 0. The number of hydrogen-bond donors (Lipinski definition) is 1. The van der Waals surface area contributed by atoms with Crippen molar-refractivity contribution >= 4 is 5.97 Å². The quantitative estimate of drug-likeness (QED) is 0.432. The van der Waals surface area contributed by atoms with Crippen LogP contribution in [0.15, 0.2) is 24.3 Å². The molecular formula is C6H8O2. The molecule has 1 N–H and O–H groups in total. The highest BCUT2D eigenvalue weighted by Crippen LogP contribution is 1.74. The number of rotatable bonds is 2. The Morgan fingerprint density at radius 1 is 2.00 bits per heavy atom. The first-order chi connectivity index (χ1) is 4.66. The van der Waals surface area contributed by atoms with Gasteiger partial charge in [0.05, 0.1) is 1.37 Å². The van der Waals surface area contributed by atoms with E-state index in [9.17, 15) is 4.79 Å². The van der Waals surface area contributed by atoms with Crippen molar-refractivity contribution in [2.45, 2.75) is 6.90 Å². The van der Waals surface area contributed by atoms with E-state index < -0.39 is 5.97 Å². The molecule has 0 saturated heterocycles. The summed E-state index contributed by atoms with van der Waals surface area (Å²) in [4.78, 5) is 9.86. The molecule has 0 spiro atoms. The molecule has 0 atom stereocenters. The number of carbonyl (C=O) groups is 1. The minimum Gasteiger partial charge on any atom is -0.478 e. The van der Waals surface area contributed by atoms with Gasteiger partial charge in [0.15, 0.2) is 0 Å². The van der Waals surface area contributed by atoms with Crippen molar-refractivity contribution in [1.29, 1.82) is 0 Å². The standard InChI is InChI=1S/C6H8O2/c1-2-3-4-5-6(7)8/h2-5H,1H3,(H,7,8)/b3-2+,5-4+/i1D,3D. The Morgan fingerprint density at radius 3 is 3.25 bits per heavy atom. The van der Waals surface area contributed by atoms with Crippen LogP contribution in [0.25, 0.3) is 0 Å². The molecule has 44 valence electrons. The molecule has 0 heterocycles. The van der Waals surface area contributed by atoms with Crippen molar-refractivity contribution in [2.24, 2.45) is 0 Å². The van der Waals surface area contributed by atoms with Gasteiger partial charge < -0.3 is 5.11 Å². The van der Waals surface area contributed by atoms with E-state index in [2.05, 4.69) is 0 Å². The molecule has 0 amide bonds. The zero-order valence-electron chi connectivity index (χ0n) is 6.29. The molecule has 0 aliphatic rings. The van der Waals surface area contributed by atoms with Gasteiger partial charge in [0.25, 0.3) is 0 Å². The Bertz CT molecular complexity index is 173. The molecule has 0 aliphatic carbocycles. The van der Waals surface area contributed by atoms with Crippen LogP contribution in [-0.4, -0.2) is 11.1 Å². The van der Waals surface area contributed by atoms with E-state index in [1.54, 1.807) is 0 Å². The van der Waals surface area contributed by atoms with Gasteiger partial charge in [-0.15, -0.1) is 0 Å². The van der Waals surface area contributed by atoms with Gasteiger partial charge in [-0.05, 0) is 6.90 Å². The lowest BCUT2D eigenvalue weighted by molar-refractivity contribution is -0.131. The molecule has 0 bridgehead atoms. The third kappa shape index (κ3) is 4.95. The maximum atomic E-state index is 9.86. The third-order valence-electron chi connectivity index (χ3n) is 0.440. The minimum absolute atomic E-state index is 0.00277. The predicted molar refractivity (Wildman–Crippen MR) is 31.6 cm³/mol. The first-order valence-corrected chi connectivity index (χ1v) is 2.04. The van der Waals surface area contributed by atoms with Crippen molar-refractivity contribution < 1.29 is 12.6 Å². The van der Waals surface area contributed by atoms with Gasteiger partial charge in [-0.25, -0.2) is 4.79 Å². The lowest BCUT2D eigenvalue weighted by atomic mass is 10.4. The summed E-state index contributed by atoms with van der Waals surface area (Å²) in [6.07, 6.45) is 3.31. The number of carboxylic acid groups (broad SMARTS) is 1. The zero-order valence-corrected chi connectivity index (χ0v) is 4.29. The third-order valence-corrected chi connectivity index (χ3v) is 0.440. The van der Waals surface area contributed by atoms with E-state index in [-0.39, 0.29) is 13.0 Å². The topological polar surface area (TPSA) is 37.3 Å². The average Bonchev–Trinajstić information content (AvgIpc) is 1.85. The van der Waals surface area contributed by atoms with E-state index in [4.69, 9.17) is 7.85 Å². The summed E-state index contributed by atoms with van der Waals surface area (Å²) in [6, 6.07) is 0.0531. The summed E-state index contributed by atoms with van der Waals surface area (Å²) in [5.41, 5.74) is 0. The zero-order chi connectivity index (χ0) is 7.98. The van der Waals surface area contributed by atoms with Crippen molar-refractivity contribution in [2.75, 3.05) is 0 Å². The predicted octanol–water partition coefficient (Wildman–Crippen LogP) is 1.20. The number of carboxylic acids is 1. The van der Waals surface area contributed by atoms with Crippen LogP contribution in [-0.2, 0) is 4.79 Å². The Balaban J connectivity index is 3.89. The van der Waals surface area contributed by atoms with Crippen LogP contribution in [0.2, 0.25) is 0 Å². The minimum atomic E-state index is -1.08. The molecule has 0 aliphatic heterocycles. The van der Waals surface area contributed by atoms with Crippen molar-refractivity contribution in [3.05, 3.63) is 24.3 Å². The fourth-order valence-electron chi connectivity index (χ4n) is 0.187. The van der Waals surface area contributed by atoms with Gasteiger partial charge in [-0.2, -0.15) is 0 Å². The molecule has 2 nitrogen and oxygen atoms in total. The maximum Gasteiger partial charge on any atom is 0.328 e. The second kappa shape index (κ2) is 4.12. The lowest BCUT2D eigenvalue weighted by Gasteiger charge is -1.72. The molecule has 0 aromatic carbocycles. The fourth-order valence-corrected chi connectivity index (χ4v) is 0.187. The van der Waals surface area contributed by atoms with Crippen LogP contribution < -0.4 is 0 Å². The SMILES string of the molecule is [2H]C/C=C([2H])/C=C/C(=O)O. The molecule has 0 saturated carbocycles. The first kappa shape index (κ1) is 3.89. The van der Waals surface area contributed by atoms with Crippen molar-refractivity contribution in [3.63, 3.8) is 0 Å². The average molecular weight is 114 g/mol. The number of allylic oxidation sites excluding steroid dienone is 3. The molecule has 0 radical (unpaired) electrons. The lowest BCUT2D eigenvalue weighted by Crippen LogP contribution is -1.83. The van der Waals surface area contributed by atoms with Gasteiger partial charge in [-0.3, -0.25) is 0 Å². The summed E-state index contributed by atoms with van der Waals surface area (Å²) < 4.78 is 13.6. The van der Waals surface area contributed by atoms with Gasteiger partial charge in [0.1, 0.15) is 0 Å². The molecular weight excluding hydrogens is 104 g/mol. The van der Waals surface area contributed by atoms with Crippen molar-refractivity contribution in [1.82, 2.24) is 0 Å². The summed E-state index contributed by atoms with van der Waals surface area (Å²) in [6.45, 7) is 0.00277. The van der Waals surface area contributed by atoms with E-state index in [0.29, 0.717) is 0 Å². The van der Waals surface area contributed by atoms with Crippen molar-refractivity contribution in [3.8, 4) is 0 Å². The molecule has 0 aromatic rings. The van der Waals surface area contributed by atoms with Gasteiger partial charge in [0.2, 0.25) is 0 Å². The van der Waals surface area contributed by atoms with Gasteiger partial charge in [0, 0.05) is 7.45 Å². The first-order valence-electron chi connectivity index (χ1n) is 3.24. The molecule has 0 fully saturated rings. The number of hydrogen-bond acceptors (Lipinski definition) is 1. The highest BCUT2D eigenvalue weighted by molar-refractivity contribution is 5.80. The van der Waals surface area contributed by atoms with Crippen LogP contribution in [0.5, 0.6) is 0 Å². The van der Waals surface area contributed by atoms with E-state index in [1.807, 2.05) is 0 Å². The summed E-state index contributed by atoms with van der Waals surface area (Å²) in [5, 5.41) is 8.09. The highest BCUT2D eigenvalue weighted by Gasteiger charge is 1.78. The Kier molecular flexibility index (Phi) is 2.00. The van der Waals surface area contributed by atoms with Crippen LogP contribution in [0.1, 0.15) is 9.64 Å². The fraction of sp³-hybridized carbons (Fsp3) is 0.167. The Hall–Kier alpha value is -1.05. The van der Waals surface area contributed by atoms with E-state index >= 15 is 0 Å². The van der Waals surface area contributed by atoms with Gasteiger partial charge in [-0.1, -0.05) is 18.2 Å². The van der Waals surface area contributed by atoms with Gasteiger partial charge >= 0.3 is 5.97 Å². The monoisotopic (exact) mass is 114 g/mol. The Morgan fingerprint density at radius 2 is 2.75 bits per heavy atom. The molecule has 0 unspecified atom stereocenters. The Labute approximate surface area is 51.0 Å². The van der Waals surface area contributed by atoms with Crippen LogP contribution in [0.4, 0.5) is 0 Å². The molecule has 0 rings (SSSR count). The highest BCUT2D eigenvalue weighted by atomic mass is 16.4. The second-order valence-electron chi connectivity index (χ2n) is 1.04. The molecule has 0 aromatic heterocycles. The summed E-state index contributed by atoms with van der Waals surface area (Å²) >= 11 is 0. The van der Waals surface area contributed by atoms with E-state index in [1.165, 1.54) is 6.08 Å². The smallest absolute Gasteiger partial charge is 0.328 e.